The average molecular weight is 342 g/mol. The van der Waals surface area contributed by atoms with Crippen LogP contribution in [0.1, 0.15) is 26.2 Å². The average Bonchev–Trinajstić information content (AvgIpc) is 1.61. The Hall–Kier alpha value is 0.853. The molecular formula is C5H27ClO8Zr. The monoisotopic (exact) mass is 340 g/mol. The van der Waals surface area contributed by atoms with E-state index in [2.05, 4.69) is 6.92 Å². The minimum atomic E-state index is 0. The van der Waals surface area contributed by atoms with Crippen LogP contribution in [0.2, 0.25) is 0 Å². The van der Waals surface area contributed by atoms with E-state index in [0.717, 1.165) is 5.88 Å². The summed E-state index contributed by atoms with van der Waals surface area (Å²) in [5, 5.41) is 0. The Morgan fingerprint density at radius 1 is 0.667 bits per heavy atom. The predicted octanol–water partition coefficient (Wildman–Crippen LogP) is -4.18. The van der Waals surface area contributed by atoms with Crippen LogP contribution in [0.15, 0.2) is 0 Å². The molecule has 0 bridgehead atoms. The van der Waals surface area contributed by atoms with E-state index in [1.165, 1.54) is 19.3 Å². The zero-order valence-corrected chi connectivity index (χ0v) is 11.9. The first-order chi connectivity index (χ1) is 2.91. The number of hydrogen-bond acceptors (Lipinski definition) is 0. The van der Waals surface area contributed by atoms with Crippen molar-refractivity contribution in [2.75, 3.05) is 5.88 Å². The van der Waals surface area contributed by atoms with Crippen LogP contribution in [-0.4, -0.2) is 49.7 Å². The number of rotatable bonds is 3. The summed E-state index contributed by atoms with van der Waals surface area (Å²) in [5.74, 6) is 0.827. The molecule has 0 fully saturated rings. The second-order valence-electron chi connectivity index (χ2n) is 1.40. The van der Waals surface area contributed by atoms with Gasteiger partial charge in [-0.15, -0.1) is 11.6 Å². The molecule has 0 aliphatic heterocycles. The maximum atomic E-state index is 5.38. The fourth-order valence-electron chi connectivity index (χ4n) is 0.344. The Kier molecular flexibility index (Phi) is 824. The predicted molar refractivity (Wildman–Crippen MR) is 59.2 cm³/mol. The molecule has 0 radical (unpaired) electrons. The van der Waals surface area contributed by atoms with Crippen LogP contribution in [0.4, 0.5) is 0 Å². The van der Waals surface area contributed by atoms with Gasteiger partial charge in [-0.2, -0.15) is 0 Å². The van der Waals surface area contributed by atoms with Gasteiger partial charge in [0.25, 0.3) is 0 Å². The Bertz CT molecular complexity index is 35.0. The van der Waals surface area contributed by atoms with Gasteiger partial charge < -0.3 is 43.8 Å². The third-order valence-electron chi connectivity index (χ3n) is 0.737. The summed E-state index contributed by atoms with van der Waals surface area (Å²) in [7, 11) is 0. The molecule has 0 atom stereocenters. The van der Waals surface area contributed by atoms with E-state index in [4.69, 9.17) is 11.6 Å². The molecule has 0 amide bonds. The number of unbranched alkanes of at least 4 members (excludes halogenated alkanes) is 2. The summed E-state index contributed by atoms with van der Waals surface area (Å²) in [6.45, 7) is 2.17. The third kappa shape index (κ3) is 165. The smallest absolute Gasteiger partial charge is 0.0223 e. The van der Waals surface area contributed by atoms with Crippen LogP contribution >= 0.6 is 11.6 Å². The van der Waals surface area contributed by atoms with Crippen LogP contribution in [0.5, 0.6) is 0 Å². The van der Waals surface area contributed by atoms with Crippen molar-refractivity contribution in [2.24, 2.45) is 0 Å². The van der Waals surface area contributed by atoms with Crippen LogP contribution in [-0.2, 0) is 26.2 Å². The van der Waals surface area contributed by atoms with Gasteiger partial charge in [-0.25, -0.2) is 0 Å². The Labute approximate surface area is 114 Å². The van der Waals surface area contributed by atoms with Crippen molar-refractivity contribution in [1.82, 2.24) is 0 Å². The molecule has 15 heavy (non-hydrogen) atoms. The van der Waals surface area contributed by atoms with Crippen molar-refractivity contribution >= 4 is 11.6 Å². The third-order valence-corrected chi connectivity index (χ3v) is 1.00. The SMILES string of the molecule is CCCCCCl.O.O.O.O.O.O.O.O.[Zr]. The Morgan fingerprint density at radius 3 is 1.00 bits per heavy atom. The summed E-state index contributed by atoms with van der Waals surface area (Å²) in [6, 6.07) is 0. The van der Waals surface area contributed by atoms with Gasteiger partial charge in [-0.3, -0.25) is 0 Å². The molecule has 0 saturated carbocycles. The second kappa shape index (κ2) is 121. The van der Waals surface area contributed by atoms with Gasteiger partial charge >= 0.3 is 0 Å². The molecule has 0 aliphatic carbocycles. The quantitative estimate of drug-likeness (QED) is 0.349. The Balaban J connectivity index is -0.00000000347. The van der Waals surface area contributed by atoms with Gasteiger partial charge in [0.2, 0.25) is 0 Å². The fraction of sp³-hybridized carbons (Fsp3) is 1.00. The standard InChI is InChI=1S/C5H11Cl.8H2O.Zr/c1-2-3-4-5-6;;;;;;;;;/h2-5H2,1H3;8*1H2;. The van der Waals surface area contributed by atoms with Gasteiger partial charge in [-0.05, 0) is 6.42 Å². The zero-order valence-electron chi connectivity index (χ0n) is 8.71. The maximum Gasteiger partial charge on any atom is 0.0223 e. The molecule has 0 rings (SSSR count). The first-order valence-electron chi connectivity index (χ1n) is 2.47. The van der Waals surface area contributed by atoms with Crippen molar-refractivity contribution in [3.8, 4) is 0 Å². The van der Waals surface area contributed by atoms with E-state index in [1.807, 2.05) is 0 Å². The minimum absolute atomic E-state index is 0. The molecule has 0 aromatic carbocycles. The van der Waals surface area contributed by atoms with Gasteiger partial charge in [0.05, 0.1) is 0 Å². The van der Waals surface area contributed by atoms with Crippen LogP contribution in [0.25, 0.3) is 0 Å². The van der Waals surface area contributed by atoms with Crippen molar-refractivity contribution in [3.05, 3.63) is 0 Å². The molecule has 10 heteroatoms. The molecule has 0 spiro atoms. The zero-order chi connectivity index (χ0) is 4.83. The van der Waals surface area contributed by atoms with E-state index < -0.39 is 0 Å². The van der Waals surface area contributed by atoms with Crippen molar-refractivity contribution in [2.45, 2.75) is 26.2 Å². The molecule has 0 aromatic rings. The molecule has 0 unspecified atom stereocenters. The maximum absolute atomic E-state index is 5.38. The molecule has 16 N–H and O–H groups in total. The number of alkyl halides is 1. The van der Waals surface area contributed by atoms with Gasteiger partial charge in [0, 0.05) is 32.1 Å². The molecule has 106 valence electrons. The minimum Gasteiger partial charge on any atom is -0.412 e. The van der Waals surface area contributed by atoms with E-state index >= 15 is 0 Å². The summed E-state index contributed by atoms with van der Waals surface area (Å²) >= 11 is 5.38. The summed E-state index contributed by atoms with van der Waals surface area (Å²) in [5.41, 5.74) is 0. The van der Waals surface area contributed by atoms with Gasteiger partial charge in [0.1, 0.15) is 0 Å². The first-order valence-corrected chi connectivity index (χ1v) is 3.01. The van der Waals surface area contributed by atoms with Crippen molar-refractivity contribution in [3.63, 3.8) is 0 Å². The number of hydrogen-bond donors (Lipinski definition) is 0. The fourth-order valence-corrected chi connectivity index (χ4v) is 0.533. The molecule has 0 aliphatic rings. The van der Waals surface area contributed by atoms with Gasteiger partial charge in [0.15, 0.2) is 0 Å². The van der Waals surface area contributed by atoms with E-state index in [9.17, 15) is 0 Å². The summed E-state index contributed by atoms with van der Waals surface area (Å²) in [6.07, 6.45) is 3.73. The molecule has 0 saturated heterocycles. The topological polar surface area (TPSA) is 252 Å². The van der Waals surface area contributed by atoms with Gasteiger partial charge in [-0.1, -0.05) is 19.8 Å². The van der Waals surface area contributed by atoms with Crippen LogP contribution in [0, 0.1) is 0 Å². The first kappa shape index (κ1) is 102. The van der Waals surface area contributed by atoms with E-state index in [1.54, 1.807) is 0 Å². The molecule has 8 nitrogen and oxygen atoms in total. The van der Waals surface area contributed by atoms with Crippen molar-refractivity contribution < 1.29 is 70.0 Å². The normalized spacial score (nSPS) is 3.60. The largest absolute Gasteiger partial charge is 0.412 e. The molecular weight excluding hydrogens is 315 g/mol. The number of halogens is 1. The van der Waals surface area contributed by atoms with E-state index in [0.29, 0.717) is 0 Å². The molecule has 0 aromatic heterocycles. The van der Waals surface area contributed by atoms with Crippen LogP contribution in [0.3, 0.4) is 0 Å². The van der Waals surface area contributed by atoms with Crippen molar-refractivity contribution in [1.29, 1.82) is 0 Å². The summed E-state index contributed by atoms with van der Waals surface area (Å²) in [4.78, 5) is 0. The van der Waals surface area contributed by atoms with E-state index in [-0.39, 0.29) is 70.0 Å². The summed E-state index contributed by atoms with van der Waals surface area (Å²) < 4.78 is 0. The van der Waals surface area contributed by atoms with Crippen LogP contribution < -0.4 is 0 Å². The molecule has 0 heterocycles. The Morgan fingerprint density at radius 2 is 0.933 bits per heavy atom. The second-order valence-corrected chi connectivity index (χ2v) is 1.77.